The molecule has 0 amide bonds. The fourth-order valence-electron chi connectivity index (χ4n) is 0.268. The minimum Gasteiger partial charge on any atom is -0.404 e. The third kappa shape index (κ3) is 2.03. The predicted molar refractivity (Wildman–Crippen MR) is 34.4 cm³/mol. The zero-order valence-corrected chi connectivity index (χ0v) is 4.44. The summed E-state index contributed by atoms with van der Waals surface area (Å²) in [5, 5.41) is 6.69. The average molecular weight is 95.9 g/mol. The lowest BCUT2D eigenvalue weighted by Gasteiger charge is -1.86. The lowest BCUT2D eigenvalue weighted by molar-refractivity contribution is 1.44. The van der Waals surface area contributed by atoms with Crippen molar-refractivity contribution in [2.75, 3.05) is 0 Å². The van der Waals surface area contributed by atoms with Gasteiger partial charge in [0.05, 0.1) is 0 Å². The minimum atomic E-state index is 0.847. The fourth-order valence-corrected chi connectivity index (χ4v) is 0.268. The Hall–Kier alpha value is -0.725. The first-order chi connectivity index (χ1) is 3.35. The van der Waals surface area contributed by atoms with E-state index >= 15 is 0 Å². The molecule has 0 aliphatic heterocycles. The number of rotatable bonds is 2. The summed E-state index contributed by atoms with van der Waals surface area (Å²) in [6.07, 6.45) is 3.56. The van der Waals surface area contributed by atoms with Crippen LogP contribution in [0.1, 0.15) is 0 Å². The van der Waals surface area contributed by atoms with Gasteiger partial charge in [-0.2, -0.15) is 0 Å². The Labute approximate surface area is 44.3 Å². The summed E-state index contributed by atoms with van der Waals surface area (Å²) >= 11 is 0. The molecule has 0 aliphatic rings. The Morgan fingerprint density at radius 2 is 2.43 bits per heavy atom. The molecule has 0 atom stereocenters. The van der Waals surface area contributed by atoms with Crippen molar-refractivity contribution in [1.82, 2.24) is 0 Å². The van der Waals surface area contributed by atoms with E-state index in [1.54, 1.807) is 0 Å². The van der Waals surface area contributed by atoms with E-state index in [1.165, 1.54) is 12.4 Å². The maximum atomic E-state index is 6.69. The van der Waals surface area contributed by atoms with Crippen LogP contribution in [0.4, 0.5) is 0 Å². The van der Waals surface area contributed by atoms with Gasteiger partial charge in [0.1, 0.15) is 7.85 Å². The van der Waals surface area contributed by atoms with Gasteiger partial charge in [-0.25, -0.2) is 0 Å². The molecule has 0 heterocycles. The number of nitrogens with two attached hydrogens (primary N) is 1. The van der Waals surface area contributed by atoms with Gasteiger partial charge in [0.2, 0.25) is 0 Å². The van der Waals surface area contributed by atoms with Crippen LogP contribution < -0.4 is 5.73 Å². The SMILES string of the molecule is BC/C(C=N)=C/N. The van der Waals surface area contributed by atoms with Crippen LogP contribution in [-0.2, 0) is 0 Å². The topological polar surface area (TPSA) is 49.9 Å². The van der Waals surface area contributed by atoms with E-state index < -0.39 is 0 Å². The van der Waals surface area contributed by atoms with Gasteiger partial charge in [-0.1, -0.05) is 6.32 Å². The maximum absolute atomic E-state index is 6.69. The van der Waals surface area contributed by atoms with E-state index in [9.17, 15) is 0 Å². The van der Waals surface area contributed by atoms with Crippen molar-refractivity contribution in [2.24, 2.45) is 5.73 Å². The molecular weight excluding hydrogens is 86.9 g/mol. The van der Waals surface area contributed by atoms with Gasteiger partial charge >= 0.3 is 0 Å². The van der Waals surface area contributed by atoms with Gasteiger partial charge in [0.15, 0.2) is 0 Å². The van der Waals surface area contributed by atoms with Gasteiger partial charge in [0.25, 0.3) is 0 Å². The van der Waals surface area contributed by atoms with Crippen LogP contribution in [0.2, 0.25) is 6.32 Å². The Balaban J connectivity index is 3.60. The van der Waals surface area contributed by atoms with Gasteiger partial charge < -0.3 is 11.1 Å². The molecule has 0 aliphatic carbocycles. The highest BCUT2D eigenvalue weighted by Gasteiger charge is 1.80. The minimum absolute atomic E-state index is 0.847. The first-order valence-corrected chi connectivity index (χ1v) is 2.26. The molecule has 38 valence electrons. The zero-order chi connectivity index (χ0) is 5.70. The van der Waals surface area contributed by atoms with E-state index in [0.29, 0.717) is 0 Å². The van der Waals surface area contributed by atoms with Gasteiger partial charge in [0, 0.05) is 6.21 Å². The summed E-state index contributed by atoms with van der Waals surface area (Å²) in [6, 6.07) is 0. The van der Waals surface area contributed by atoms with E-state index in [1.807, 2.05) is 7.85 Å². The van der Waals surface area contributed by atoms with E-state index in [2.05, 4.69) is 0 Å². The molecule has 0 fully saturated rings. The second kappa shape index (κ2) is 3.46. The largest absolute Gasteiger partial charge is 0.404 e. The molecule has 0 saturated carbocycles. The summed E-state index contributed by atoms with van der Waals surface area (Å²) in [5.74, 6) is 0. The molecule has 7 heavy (non-hydrogen) atoms. The molecule has 0 bridgehead atoms. The summed E-state index contributed by atoms with van der Waals surface area (Å²) < 4.78 is 0. The number of nitrogens with one attached hydrogen (secondary N) is 1. The van der Waals surface area contributed by atoms with E-state index in [4.69, 9.17) is 11.1 Å². The highest BCUT2D eigenvalue weighted by molar-refractivity contribution is 6.12. The molecule has 0 aromatic heterocycles. The van der Waals surface area contributed by atoms with Crippen molar-refractivity contribution in [3.63, 3.8) is 0 Å². The smallest absolute Gasteiger partial charge is 0.107 e. The molecule has 0 spiro atoms. The first kappa shape index (κ1) is 6.27. The van der Waals surface area contributed by atoms with Crippen molar-refractivity contribution < 1.29 is 0 Å². The lowest BCUT2D eigenvalue weighted by Crippen LogP contribution is -1.87. The van der Waals surface area contributed by atoms with Crippen LogP contribution in [0.15, 0.2) is 11.8 Å². The van der Waals surface area contributed by atoms with Crippen LogP contribution in [0, 0.1) is 5.41 Å². The molecule has 3 N–H and O–H groups in total. The third-order valence-corrected chi connectivity index (χ3v) is 0.808. The van der Waals surface area contributed by atoms with Crippen molar-refractivity contribution in [2.45, 2.75) is 6.32 Å². The molecule has 0 aromatic carbocycles. The lowest BCUT2D eigenvalue weighted by atomic mass is 9.98. The van der Waals surface area contributed by atoms with Crippen LogP contribution in [0.25, 0.3) is 0 Å². The molecule has 0 saturated heterocycles. The standard InChI is InChI=1S/C4H9BN2/c5-1-4(2-6)3-7/h2-3,6H,1,5,7H2/b4-3-,6-2?. The Kier molecular flexibility index (Phi) is 3.11. The summed E-state index contributed by atoms with van der Waals surface area (Å²) in [4.78, 5) is 0. The second-order valence-corrected chi connectivity index (χ2v) is 1.24. The molecule has 3 heteroatoms. The molecule has 0 unspecified atom stereocenters. The van der Waals surface area contributed by atoms with Crippen LogP contribution >= 0.6 is 0 Å². The van der Waals surface area contributed by atoms with Crippen molar-refractivity contribution in [3.05, 3.63) is 11.8 Å². The highest BCUT2D eigenvalue weighted by atomic mass is 14.5. The quantitative estimate of drug-likeness (QED) is 0.354. The molecular formula is C4H9BN2. The van der Waals surface area contributed by atoms with Crippen LogP contribution in [0.5, 0.6) is 0 Å². The predicted octanol–water partition coefficient (Wildman–Crippen LogP) is -0.470. The third-order valence-electron chi connectivity index (χ3n) is 0.808. The molecule has 0 aromatic rings. The average Bonchev–Trinajstić information content (AvgIpc) is 1.72. The van der Waals surface area contributed by atoms with E-state index in [-0.39, 0.29) is 0 Å². The summed E-state index contributed by atoms with van der Waals surface area (Å²) in [6.45, 7) is 0. The zero-order valence-electron chi connectivity index (χ0n) is 4.44. The van der Waals surface area contributed by atoms with Crippen LogP contribution in [0.3, 0.4) is 0 Å². The van der Waals surface area contributed by atoms with Crippen molar-refractivity contribution in [3.8, 4) is 0 Å². The summed E-state index contributed by atoms with van der Waals surface area (Å²) in [7, 11) is 1.96. The Morgan fingerprint density at radius 3 is 2.43 bits per heavy atom. The molecule has 0 radical (unpaired) electrons. The number of allylic oxidation sites excluding steroid dienone is 1. The van der Waals surface area contributed by atoms with Gasteiger partial charge in [-0.3, -0.25) is 0 Å². The van der Waals surface area contributed by atoms with Gasteiger partial charge in [-0.15, -0.1) is 0 Å². The van der Waals surface area contributed by atoms with Crippen molar-refractivity contribution >= 4 is 14.1 Å². The summed E-state index contributed by atoms with van der Waals surface area (Å²) in [5.41, 5.74) is 5.96. The second-order valence-electron chi connectivity index (χ2n) is 1.24. The van der Waals surface area contributed by atoms with Crippen molar-refractivity contribution in [1.29, 1.82) is 5.41 Å². The highest BCUT2D eigenvalue weighted by Crippen LogP contribution is 1.88. The normalized spacial score (nSPS) is 11.1. The first-order valence-electron chi connectivity index (χ1n) is 2.26. The Bertz CT molecular complexity index is 87.7. The molecule has 0 rings (SSSR count). The maximum Gasteiger partial charge on any atom is 0.107 e. The molecule has 2 nitrogen and oxygen atoms in total. The Morgan fingerprint density at radius 1 is 1.86 bits per heavy atom. The monoisotopic (exact) mass is 96.1 g/mol. The fraction of sp³-hybridized carbons (Fsp3) is 0.250. The van der Waals surface area contributed by atoms with Gasteiger partial charge in [-0.05, 0) is 11.8 Å². The number of hydrogen-bond acceptors (Lipinski definition) is 2. The number of hydrogen-bond donors (Lipinski definition) is 2. The van der Waals surface area contributed by atoms with E-state index in [0.717, 1.165) is 11.9 Å². The van der Waals surface area contributed by atoms with Crippen LogP contribution in [-0.4, -0.2) is 14.1 Å².